The normalized spacial score (nSPS) is 14.2. The van der Waals surface area contributed by atoms with Crippen LogP contribution in [0.1, 0.15) is 28.9 Å². The summed E-state index contributed by atoms with van der Waals surface area (Å²) in [5.41, 5.74) is 1.63. The van der Waals surface area contributed by atoms with Crippen molar-refractivity contribution < 1.29 is 4.79 Å². The summed E-state index contributed by atoms with van der Waals surface area (Å²) in [6.45, 7) is 0.603. The number of aryl methyl sites for hydroxylation is 1. The summed E-state index contributed by atoms with van der Waals surface area (Å²) < 4.78 is 2.03. The maximum absolute atomic E-state index is 12.8. The van der Waals surface area contributed by atoms with Gasteiger partial charge >= 0.3 is 0 Å². The van der Waals surface area contributed by atoms with Gasteiger partial charge < -0.3 is 9.47 Å². The van der Waals surface area contributed by atoms with Crippen LogP contribution in [0.15, 0.2) is 36.5 Å². The Kier molecular flexibility index (Phi) is 3.96. The minimum Gasteiger partial charge on any atom is -0.353 e. The first-order chi connectivity index (χ1) is 10.1. The van der Waals surface area contributed by atoms with Crippen molar-refractivity contribution in [1.29, 1.82) is 0 Å². The molecular weight excluding hydrogens is 307 g/mol. The van der Waals surface area contributed by atoms with Crippen LogP contribution in [0.25, 0.3) is 0 Å². The standard InChI is InChI=1S/C16H16Cl2N2O/c1-19-8-2-3-13(19)10-20(12-5-6-12)16(21)14-7-4-11(17)9-15(14)18/h2-4,7-9,12H,5-6,10H2,1H3. The average molecular weight is 323 g/mol. The first-order valence-electron chi connectivity index (χ1n) is 6.92. The van der Waals surface area contributed by atoms with E-state index < -0.39 is 0 Å². The average Bonchev–Trinajstić information content (AvgIpc) is 3.19. The monoisotopic (exact) mass is 322 g/mol. The predicted molar refractivity (Wildman–Crippen MR) is 84.8 cm³/mol. The van der Waals surface area contributed by atoms with Crippen molar-refractivity contribution in [3.05, 3.63) is 57.8 Å². The van der Waals surface area contributed by atoms with Crippen molar-refractivity contribution in [2.24, 2.45) is 7.05 Å². The zero-order valence-electron chi connectivity index (χ0n) is 11.7. The molecule has 0 radical (unpaired) electrons. The van der Waals surface area contributed by atoms with Gasteiger partial charge in [-0.3, -0.25) is 4.79 Å². The van der Waals surface area contributed by atoms with E-state index in [1.165, 1.54) is 0 Å². The number of hydrogen-bond acceptors (Lipinski definition) is 1. The summed E-state index contributed by atoms with van der Waals surface area (Å²) in [4.78, 5) is 14.7. The molecule has 1 aromatic heterocycles. The molecule has 1 aromatic carbocycles. The Labute approximate surface area is 134 Å². The Morgan fingerprint density at radius 3 is 2.67 bits per heavy atom. The molecule has 0 spiro atoms. The molecule has 1 fully saturated rings. The molecule has 0 saturated heterocycles. The summed E-state index contributed by atoms with van der Waals surface area (Å²) >= 11 is 12.1. The van der Waals surface area contributed by atoms with Gasteiger partial charge in [0.25, 0.3) is 5.91 Å². The van der Waals surface area contributed by atoms with Crippen LogP contribution < -0.4 is 0 Å². The molecule has 21 heavy (non-hydrogen) atoms. The van der Waals surface area contributed by atoms with Gasteiger partial charge in [0.1, 0.15) is 0 Å². The van der Waals surface area contributed by atoms with Crippen molar-refractivity contribution in [3.8, 4) is 0 Å². The van der Waals surface area contributed by atoms with Gasteiger partial charge in [0.15, 0.2) is 0 Å². The lowest BCUT2D eigenvalue weighted by atomic mass is 10.2. The van der Waals surface area contributed by atoms with Crippen molar-refractivity contribution in [1.82, 2.24) is 9.47 Å². The highest BCUT2D eigenvalue weighted by Crippen LogP contribution is 2.31. The second-order valence-electron chi connectivity index (χ2n) is 5.40. The first-order valence-corrected chi connectivity index (χ1v) is 7.68. The quantitative estimate of drug-likeness (QED) is 0.830. The van der Waals surface area contributed by atoms with E-state index in [1.54, 1.807) is 18.2 Å². The van der Waals surface area contributed by atoms with Crippen LogP contribution in [0.4, 0.5) is 0 Å². The van der Waals surface area contributed by atoms with Gasteiger partial charge in [-0.2, -0.15) is 0 Å². The fourth-order valence-corrected chi connectivity index (χ4v) is 2.90. The van der Waals surface area contributed by atoms with Gasteiger partial charge in [-0.05, 0) is 43.2 Å². The molecule has 1 aliphatic carbocycles. The predicted octanol–water partition coefficient (Wildman–Crippen LogP) is 4.14. The van der Waals surface area contributed by atoms with Crippen LogP contribution in [-0.2, 0) is 13.6 Å². The summed E-state index contributed by atoms with van der Waals surface area (Å²) in [6.07, 6.45) is 4.10. The molecular formula is C16H16Cl2N2O. The fourth-order valence-electron chi connectivity index (χ4n) is 2.41. The molecule has 0 aliphatic heterocycles. The van der Waals surface area contributed by atoms with E-state index in [4.69, 9.17) is 23.2 Å². The van der Waals surface area contributed by atoms with Gasteiger partial charge in [-0.1, -0.05) is 23.2 Å². The summed E-state index contributed by atoms with van der Waals surface area (Å²) in [5, 5.41) is 0.946. The van der Waals surface area contributed by atoms with Gasteiger partial charge in [0.05, 0.1) is 17.1 Å². The molecule has 3 nitrogen and oxygen atoms in total. The van der Waals surface area contributed by atoms with Crippen molar-refractivity contribution in [2.75, 3.05) is 0 Å². The Morgan fingerprint density at radius 2 is 2.10 bits per heavy atom. The minimum absolute atomic E-state index is 0.0274. The second-order valence-corrected chi connectivity index (χ2v) is 6.24. The van der Waals surface area contributed by atoms with Crippen molar-refractivity contribution >= 4 is 29.1 Å². The van der Waals surface area contributed by atoms with E-state index in [1.807, 2.05) is 34.8 Å². The summed E-state index contributed by atoms with van der Waals surface area (Å²) in [7, 11) is 1.99. The highest BCUT2D eigenvalue weighted by atomic mass is 35.5. The highest BCUT2D eigenvalue weighted by Gasteiger charge is 2.34. The molecule has 1 amide bonds. The molecule has 5 heteroatoms. The molecule has 0 unspecified atom stereocenters. The summed E-state index contributed by atoms with van der Waals surface area (Å²) in [5.74, 6) is -0.0274. The number of amides is 1. The third kappa shape index (κ3) is 3.09. The number of aromatic nitrogens is 1. The molecule has 0 atom stereocenters. The molecule has 1 saturated carbocycles. The topological polar surface area (TPSA) is 25.2 Å². The zero-order valence-corrected chi connectivity index (χ0v) is 13.2. The molecule has 0 N–H and O–H groups in total. The van der Waals surface area contributed by atoms with E-state index >= 15 is 0 Å². The Hall–Kier alpha value is -1.45. The fraction of sp³-hybridized carbons (Fsp3) is 0.312. The van der Waals surface area contributed by atoms with E-state index in [9.17, 15) is 4.79 Å². The summed E-state index contributed by atoms with van der Waals surface area (Å²) in [6, 6.07) is 9.36. The van der Waals surface area contributed by atoms with Crippen LogP contribution in [0.3, 0.4) is 0 Å². The molecule has 110 valence electrons. The van der Waals surface area contributed by atoms with E-state index in [2.05, 4.69) is 0 Å². The van der Waals surface area contributed by atoms with Crippen LogP contribution in [-0.4, -0.2) is 21.4 Å². The van der Waals surface area contributed by atoms with Gasteiger partial charge in [0, 0.05) is 30.0 Å². The van der Waals surface area contributed by atoms with Crippen LogP contribution in [0.5, 0.6) is 0 Å². The second kappa shape index (κ2) is 5.74. The number of carbonyl (C=O) groups excluding carboxylic acids is 1. The smallest absolute Gasteiger partial charge is 0.255 e. The Bertz CT molecular complexity index is 677. The first kappa shape index (κ1) is 14.5. The third-order valence-electron chi connectivity index (χ3n) is 3.79. The van der Waals surface area contributed by atoms with E-state index in [-0.39, 0.29) is 5.91 Å². The molecule has 1 aliphatic rings. The molecule has 3 rings (SSSR count). The lowest BCUT2D eigenvalue weighted by Gasteiger charge is -2.23. The SMILES string of the molecule is Cn1cccc1CN(C(=O)c1ccc(Cl)cc1Cl)C1CC1. The number of rotatable bonds is 4. The lowest BCUT2D eigenvalue weighted by molar-refractivity contribution is 0.0726. The van der Waals surface area contributed by atoms with E-state index in [0.717, 1.165) is 18.5 Å². The number of halogens is 2. The zero-order chi connectivity index (χ0) is 15.0. The van der Waals surface area contributed by atoms with Gasteiger partial charge in [-0.25, -0.2) is 0 Å². The lowest BCUT2D eigenvalue weighted by Crippen LogP contribution is -2.33. The molecule has 0 bridgehead atoms. The molecule has 1 heterocycles. The van der Waals surface area contributed by atoms with Crippen molar-refractivity contribution in [3.63, 3.8) is 0 Å². The van der Waals surface area contributed by atoms with Crippen molar-refractivity contribution in [2.45, 2.75) is 25.4 Å². The number of nitrogens with zero attached hydrogens (tertiary/aromatic N) is 2. The maximum Gasteiger partial charge on any atom is 0.255 e. The Balaban J connectivity index is 1.87. The number of hydrogen-bond donors (Lipinski definition) is 0. The number of carbonyl (C=O) groups is 1. The molecule has 2 aromatic rings. The van der Waals surface area contributed by atoms with Gasteiger partial charge in [-0.15, -0.1) is 0 Å². The highest BCUT2D eigenvalue weighted by molar-refractivity contribution is 6.36. The largest absolute Gasteiger partial charge is 0.353 e. The number of benzene rings is 1. The van der Waals surface area contributed by atoms with Crippen LogP contribution in [0.2, 0.25) is 10.0 Å². The van der Waals surface area contributed by atoms with Crippen LogP contribution >= 0.6 is 23.2 Å². The van der Waals surface area contributed by atoms with Crippen LogP contribution in [0, 0.1) is 0 Å². The Morgan fingerprint density at radius 1 is 1.33 bits per heavy atom. The minimum atomic E-state index is -0.0274. The van der Waals surface area contributed by atoms with E-state index in [0.29, 0.717) is 28.2 Å². The third-order valence-corrected chi connectivity index (χ3v) is 4.34. The maximum atomic E-state index is 12.8. The van der Waals surface area contributed by atoms with Gasteiger partial charge in [0.2, 0.25) is 0 Å².